The Bertz CT molecular complexity index is 1100. The lowest BCUT2D eigenvalue weighted by Gasteiger charge is -2.10. The second-order valence-electron chi connectivity index (χ2n) is 5.66. The van der Waals surface area contributed by atoms with E-state index in [0.29, 0.717) is 23.0 Å². The van der Waals surface area contributed by atoms with E-state index in [2.05, 4.69) is 25.3 Å². The van der Waals surface area contributed by atoms with Crippen molar-refractivity contribution in [3.8, 4) is 0 Å². The number of carboxylic acid groups (broad SMARTS) is 1. The smallest absolute Gasteiger partial charge is 0.335 e. The topological polar surface area (TPSA) is 133 Å². The Morgan fingerprint density at radius 3 is 2.18 bits per heavy atom. The van der Waals surface area contributed by atoms with E-state index < -0.39 is 16.0 Å². The van der Waals surface area contributed by atoms with Gasteiger partial charge in [-0.2, -0.15) is 0 Å². The van der Waals surface area contributed by atoms with Crippen LogP contribution in [-0.4, -0.2) is 36.5 Å². The monoisotopic (exact) mass is 399 g/mol. The minimum atomic E-state index is -3.55. The number of benzene rings is 2. The van der Waals surface area contributed by atoms with Gasteiger partial charge in [0.15, 0.2) is 0 Å². The van der Waals surface area contributed by atoms with Crippen molar-refractivity contribution in [1.82, 2.24) is 14.7 Å². The van der Waals surface area contributed by atoms with E-state index in [-0.39, 0.29) is 10.5 Å². The quantitative estimate of drug-likeness (QED) is 0.476. The lowest BCUT2D eigenvalue weighted by atomic mass is 10.2. The number of carbonyl (C=O) groups is 1. The first kappa shape index (κ1) is 19.3. The van der Waals surface area contributed by atoms with Crippen LogP contribution in [0.1, 0.15) is 10.4 Å². The van der Waals surface area contributed by atoms with Crippen LogP contribution in [0.15, 0.2) is 65.8 Å². The molecule has 0 aliphatic rings. The summed E-state index contributed by atoms with van der Waals surface area (Å²) in [7, 11) is -2.20. The maximum atomic E-state index is 11.9. The highest BCUT2D eigenvalue weighted by Crippen LogP contribution is 2.21. The Balaban J connectivity index is 1.77. The number of hydrogen-bond donors (Lipinski definition) is 4. The van der Waals surface area contributed by atoms with Crippen molar-refractivity contribution in [2.75, 3.05) is 17.7 Å². The van der Waals surface area contributed by atoms with Crippen LogP contribution < -0.4 is 15.4 Å². The zero-order valence-electron chi connectivity index (χ0n) is 14.7. The fraction of sp³-hybridized carbons (Fsp3) is 0.0556. The highest BCUT2D eigenvalue weighted by molar-refractivity contribution is 7.89. The Labute approximate surface area is 161 Å². The Morgan fingerprint density at radius 1 is 0.929 bits per heavy atom. The molecule has 9 nitrogen and oxygen atoms in total. The van der Waals surface area contributed by atoms with Gasteiger partial charge in [0.05, 0.1) is 10.5 Å². The first-order chi connectivity index (χ1) is 13.4. The summed E-state index contributed by atoms with van der Waals surface area (Å²) in [5.74, 6) is -0.0548. The second kappa shape index (κ2) is 8.03. The van der Waals surface area contributed by atoms with Crippen molar-refractivity contribution in [3.63, 3.8) is 0 Å². The number of nitrogens with zero attached hydrogens (tertiary/aromatic N) is 2. The van der Waals surface area contributed by atoms with E-state index in [1.807, 2.05) is 0 Å². The minimum Gasteiger partial charge on any atom is -0.478 e. The van der Waals surface area contributed by atoms with Gasteiger partial charge in [-0.25, -0.2) is 27.9 Å². The molecule has 2 aromatic carbocycles. The summed E-state index contributed by atoms with van der Waals surface area (Å²) in [5.41, 5.74) is 1.40. The standard InChI is InChI=1S/C18H17N5O4S/c1-19-28(26,27)15-4-2-3-14(9-15)23-17-10-16(20-11-21-17)22-13-7-5-12(6-8-13)18(24)25/h2-11,19H,1H3,(H,24,25)(H2,20,21,22,23). The predicted molar refractivity (Wildman–Crippen MR) is 105 cm³/mol. The second-order valence-corrected chi connectivity index (χ2v) is 7.54. The number of aromatic carboxylic acids is 1. The van der Waals surface area contributed by atoms with Gasteiger partial charge in [0.1, 0.15) is 18.0 Å². The van der Waals surface area contributed by atoms with Crippen LogP contribution >= 0.6 is 0 Å². The number of carboxylic acids is 1. The van der Waals surface area contributed by atoms with E-state index in [1.54, 1.807) is 30.3 Å². The van der Waals surface area contributed by atoms with Crippen LogP contribution in [-0.2, 0) is 10.0 Å². The van der Waals surface area contributed by atoms with Crippen molar-refractivity contribution >= 4 is 39.0 Å². The number of hydrogen-bond acceptors (Lipinski definition) is 7. The summed E-state index contributed by atoms with van der Waals surface area (Å²) in [6, 6.07) is 14.2. The molecule has 0 saturated carbocycles. The van der Waals surface area contributed by atoms with E-state index in [4.69, 9.17) is 5.11 Å². The van der Waals surface area contributed by atoms with Gasteiger partial charge in [0.2, 0.25) is 10.0 Å². The summed E-state index contributed by atoms with van der Waals surface area (Å²) in [6.07, 6.45) is 1.35. The van der Waals surface area contributed by atoms with Crippen LogP contribution in [0.5, 0.6) is 0 Å². The highest BCUT2D eigenvalue weighted by atomic mass is 32.2. The number of rotatable bonds is 7. The first-order valence-corrected chi connectivity index (χ1v) is 9.59. The molecule has 0 spiro atoms. The summed E-state index contributed by atoms with van der Waals surface area (Å²) in [5, 5.41) is 15.0. The number of aromatic nitrogens is 2. The molecule has 0 saturated heterocycles. The van der Waals surface area contributed by atoms with E-state index in [0.717, 1.165) is 0 Å². The molecular weight excluding hydrogens is 382 g/mol. The van der Waals surface area contributed by atoms with Crippen LogP contribution in [0.2, 0.25) is 0 Å². The van der Waals surface area contributed by atoms with Crippen molar-refractivity contribution in [2.24, 2.45) is 0 Å². The Hall–Kier alpha value is -3.50. The van der Waals surface area contributed by atoms with Crippen LogP contribution in [0.3, 0.4) is 0 Å². The normalized spacial score (nSPS) is 11.0. The van der Waals surface area contributed by atoms with Gasteiger partial charge in [-0.05, 0) is 49.5 Å². The predicted octanol–water partition coefficient (Wildman–Crippen LogP) is 2.57. The molecule has 28 heavy (non-hydrogen) atoms. The summed E-state index contributed by atoms with van der Waals surface area (Å²) in [6.45, 7) is 0. The minimum absolute atomic E-state index is 0.130. The average molecular weight is 399 g/mol. The molecule has 0 amide bonds. The van der Waals surface area contributed by atoms with Crippen LogP contribution in [0.25, 0.3) is 0 Å². The summed E-state index contributed by atoms with van der Waals surface area (Å²) in [4.78, 5) is 19.3. The zero-order valence-corrected chi connectivity index (χ0v) is 15.6. The third-order valence-corrected chi connectivity index (χ3v) is 5.17. The van der Waals surface area contributed by atoms with Crippen molar-refractivity contribution in [3.05, 3.63) is 66.5 Å². The molecule has 0 unspecified atom stereocenters. The third-order valence-electron chi connectivity index (χ3n) is 3.76. The Morgan fingerprint density at radius 2 is 1.57 bits per heavy atom. The van der Waals surface area contributed by atoms with E-state index in [1.165, 1.54) is 37.6 Å². The fourth-order valence-electron chi connectivity index (χ4n) is 2.34. The van der Waals surface area contributed by atoms with Crippen LogP contribution in [0, 0.1) is 0 Å². The summed E-state index contributed by atoms with van der Waals surface area (Å²) >= 11 is 0. The van der Waals surface area contributed by atoms with E-state index >= 15 is 0 Å². The van der Waals surface area contributed by atoms with Gasteiger partial charge in [0.25, 0.3) is 0 Å². The summed E-state index contributed by atoms with van der Waals surface area (Å²) < 4.78 is 26.1. The van der Waals surface area contributed by atoms with Gasteiger partial charge in [0, 0.05) is 17.4 Å². The third kappa shape index (κ3) is 4.61. The molecule has 0 fully saturated rings. The molecule has 10 heteroatoms. The van der Waals surface area contributed by atoms with E-state index in [9.17, 15) is 13.2 Å². The largest absolute Gasteiger partial charge is 0.478 e. The number of nitrogens with one attached hydrogen (secondary N) is 3. The molecule has 0 bridgehead atoms. The molecule has 3 aromatic rings. The molecule has 4 N–H and O–H groups in total. The van der Waals surface area contributed by atoms with Gasteiger partial charge < -0.3 is 15.7 Å². The van der Waals surface area contributed by atoms with Crippen molar-refractivity contribution in [2.45, 2.75) is 4.90 Å². The van der Waals surface area contributed by atoms with Crippen molar-refractivity contribution in [1.29, 1.82) is 0 Å². The molecular formula is C18H17N5O4S. The molecule has 1 heterocycles. The SMILES string of the molecule is CNS(=O)(=O)c1cccc(Nc2cc(Nc3ccc(C(=O)O)cc3)ncn2)c1. The average Bonchev–Trinajstić information content (AvgIpc) is 2.69. The molecule has 144 valence electrons. The van der Waals surface area contributed by atoms with Gasteiger partial charge in [-0.15, -0.1) is 0 Å². The molecule has 3 rings (SSSR count). The molecule has 0 aliphatic carbocycles. The highest BCUT2D eigenvalue weighted by Gasteiger charge is 2.11. The molecule has 1 aromatic heterocycles. The van der Waals surface area contributed by atoms with Gasteiger partial charge >= 0.3 is 5.97 Å². The Kier molecular flexibility index (Phi) is 5.52. The fourth-order valence-corrected chi connectivity index (χ4v) is 3.12. The number of sulfonamides is 1. The number of anilines is 4. The zero-order chi connectivity index (χ0) is 20.1. The van der Waals surface area contributed by atoms with Crippen LogP contribution in [0.4, 0.5) is 23.0 Å². The molecule has 0 aliphatic heterocycles. The van der Waals surface area contributed by atoms with Gasteiger partial charge in [-0.1, -0.05) is 6.07 Å². The first-order valence-electron chi connectivity index (χ1n) is 8.10. The molecule has 0 radical (unpaired) electrons. The lowest BCUT2D eigenvalue weighted by molar-refractivity contribution is 0.0697. The maximum Gasteiger partial charge on any atom is 0.335 e. The van der Waals surface area contributed by atoms with Gasteiger partial charge in [-0.3, -0.25) is 0 Å². The maximum absolute atomic E-state index is 11.9. The lowest BCUT2D eigenvalue weighted by Crippen LogP contribution is -2.18. The van der Waals surface area contributed by atoms with Crippen molar-refractivity contribution < 1.29 is 18.3 Å². The molecule has 0 atom stereocenters.